The van der Waals surface area contributed by atoms with Crippen LogP contribution < -0.4 is 0 Å². The highest BCUT2D eigenvalue weighted by molar-refractivity contribution is 5.86. The molecule has 90 valence electrons. The fourth-order valence-electron chi connectivity index (χ4n) is 2.45. The van der Waals surface area contributed by atoms with Crippen LogP contribution in [0.1, 0.15) is 24.2 Å². The first-order valence-electron chi connectivity index (χ1n) is 5.71. The maximum Gasteiger partial charge on any atom is 0.279 e. The number of nitriles is 1. The van der Waals surface area contributed by atoms with Crippen molar-refractivity contribution in [3.8, 4) is 6.07 Å². The molecule has 3 rings (SSSR count). The Morgan fingerprint density at radius 3 is 2.72 bits per heavy atom. The van der Waals surface area contributed by atoms with Crippen LogP contribution in [-0.2, 0) is 14.3 Å². The van der Waals surface area contributed by atoms with E-state index in [0.29, 0.717) is 5.56 Å². The van der Waals surface area contributed by atoms with E-state index in [9.17, 15) is 4.79 Å². The third-order valence-corrected chi connectivity index (χ3v) is 3.46. The standard InChI is InChI=1S/C14H11NO3/c1-9(16)14-12(6-7-17-14)13(18-14)11-4-2-10(8-15)3-5-11/h2-7,12-13H,1H3/t12-,13-,14+/m1/s1. The Kier molecular flexibility index (Phi) is 2.25. The number of carbonyl (C=O) groups is 1. The molecule has 4 heteroatoms. The normalized spacial score (nSPS) is 32.0. The van der Waals surface area contributed by atoms with Gasteiger partial charge in [0.25, 0.3) is 5.79 Å². The number of carbonyl (C=O) groups excluding carboxylic acids is 1. The number of hydrogen-bond acceptors (Lipinski definition) is 4. The maximum atomic E-state index is 11.6. The van der Waals surface area contributed by atoms with E-state index in [2.05, 4.69) is 6.07 Å². The van der Waals surface area contributed by atoms with E-state index in [-0.39, 0.29) is 17.8 Å². The van der Waals surface area contributed by atoms with Crippen molar-refractivity contribution in [3.05, 3.63) is 47.7 Å². The second kappa shape index (κ2) is 3.69. The van der Waals surface area contributed by atoms with Gasteiger partial charge >= 0.3 is 0 Å². The molecule has 0 radical (unpaired) electrons. The average Bonchev–Trinajstić information content (AvgIpc) is 2.69. The number of ketones is 1. The van der Waals surface area contributed by atoms with Gasteiger partial charge in [-0.25, -0.2) is 0 Å². The molecule has 0 aliphatic carbocycles. The van der Waals surface area contributed by atoms with Crippen LogP contribution in [0.15, 0.2) is 36.6 Å². The number of fused-ring (bicyclic) bond motifs is 1. The summed E-state index contributed by atoms with van der Waals surface area (Å²) in [6.07, 6.45) is 3.20. The largest absolute Gasteiger partial charge is 0.462 e. The minimum atomic E-state index is -1.11. The minimum absolute atomic E-state index is 0.0806. The number of benzene rings is 1. The Hall–Kier alpha value is -2.12. The molecule has 0 N–H and O–H groups in total. The molecule has 0 bridgehead atoms. The topological polar surface area (TPSA) is 59.3 Å². The number of nitrogens with zero attached hydrogens (tertiary/aromatic N) is 1. The molecule has 18 heavy (non-hydrogen) atoms. The predicted octanol–water partition coefficient (Wildman–Crippen LogP) is 2.07. The molecule has 3 atom stereocenters. The molecule has 0 spiro atoms. The van der Waals surface area contributed by atoms with Crippen molar-refractivity contribution in [1.29, 1.82) is 5.26 Å². The van der Waals surface area contributed by atoms with Gasteiger partial charge in [-0.3, -0.25) is 4.79 Å². The molecular formula is C14H11NO3. The third kappa shape index (κ3) is 1.31. The lowest BCUT2D eigenvalue weighted by Gasteiger charge is -2.47. The first-order chi connectivity index (χ1) is 8.67. The summed E-state index contributed by atoms with van der Waals surface area (Å²) in [4.78, 5) is 11.6. The Morgan fingerprint density at radius 2 is 2.11 bits per heavy atom. The van der Waals surface area contributed by atoms with Crippen molar-refractivity contribution in [2.45, 2.75) is 18.8 Å². The monoisotopic (exact) mass is 241 g/mol. The molecule has 2 heterocycles. The third-order valence-electron chi connectivity index (χ3n) is 3.46. The van der Waals surface area contributed by atoms with Crippen LogP contribution in [0.2, 0.25) is 0 Å². The van der Waals surface area contributed by atoms with Gasteiger partial charge in [-0.05, 0) is 23.8 Å². The van der Waals surface area contributed by atoms with E-state index < -0.39 is 5.79 Å². The zero-order valence-corrected chi connectivity index (χ0v) is 9.79. The van der Waals surface area contributed by atoms with Crippen molar-refractivity contribution in [3.63, 3.8) is 0 Å². The van der Waals surface area contributed by atoms with Crippen LogP contribution in [0.25, 0.3) is 0 Å². The fraction of sp³-hybridized carbons (Fsp3) is 0.286. The Balaban J connectivity index is 1.86. The molecule has 2 aliphatic rings. The van der Waals surface area contributed by atoms with Gasteiger partial charge in [0.1, 0.15) is 6.10 Å². The van der Waals surface area contributed by atoms with Crippen LogP contribution in [0.4, 0.5) is 0 Å². The fourth-order valence-corrected chi connectivity index (χ4v) is 2.45. The summed E-state index contributed by atoms with van der Waals surface area (Å²) in [5.74, 6) is -1.32. The molecule has 0 amide bonds. The quantitative estimate of drug-likeness (QED) is 0.795. The van der Waals surface area contributed by atoms with Gasteiger partial charge < -0.3 is 9.47 Å². The Morgan fingerprint density at radius 1 is 1.39 bits per heavy atom. The molecular weight excluding hydrogens is 230 g/mol. The molecule has 1 saturated heterocycles. The molecule has 1 aromatic carbocycles. The van der Waals surface area contributed by atoms with E-state index in [1.165, 1.54) is 13.2 Å². The highest BCUT2D eigenvalue weighted by atomic mass is 16.7. The maximum absolute atomic E-state index is 11.6. The second-order valence-corrected chi connectivity index (χ2v) is 4.47. The Bertz CT molecular complexity index is 570. The minimum Gasteiger partial charge on any atom is -0.462 e. The van der Waals surface area contributed by atoms with Crippen LogP contribution in [0, 0.1) is 17.2 Å². The van der Waals surface area contributed by atoms with Crippen LogP contribution in [0.3, 0.4) is 0 Å². The van der Waals surface area contributed by atoms with Crippen LogP contribution in [0.5, 0.6) is 0 Å². The molecule has 0 saturated carbocycles. The summed E-state index contributed by atoms with van der Waals surface area (Å²) < 4.78 is 10.9. The van der Waals surface area contributed by atoms with Crippen molar-refractivity contribution < 1.29 is 14.3 Å². The first-order valence-corrected chi connectivity index (χ1v) is 5.71. The zero-order valence-electron chi connectivity index (χ0n) is 9.79. The zero-order chi connectivity index (χ0) is 12.8. The predicted molar refractivity (Wildman–Crippen MR) is 62.1 cm³/mol. The van der Waals surface area contributed by atoms with Crippen molar-refractivity contribution in [1.82, 2.24) is 0 Å². The first kappa shape index (κ1) is 11.0. The van der Waals surface area contributed by atoms with Gasteiger partial charge in [0.2, 0.25) is 5.78 Å². The molecule has 4 nitrogen and oxygen atoms in total. The summed E-state index contributed by atoms with van der Waals surface area (Å²) >= 11 is 0. The summed E-state index contributed by atoms with van der Waals surface area (Å²) in [7, 11) is 0. The number of Topliss-reactive ketones (excluding diaryl/α,β-unsaturated/α-hetero) is 1. The van der Waals surface area contributed by atoms with E-state index in [1.54, 1.807) is 12.1 Å². The molecule has 1 fully saturated rings. The smallest absolute Gasteiger partial charge is 0.279 e. The van der Waals surface area contributed by atoms with E-state index >= 15 is 0 Å². The lowest BCUT2D eigenvalue weighted by molar-refractivity contribution is -0.320. The Labute approximate surface area is 104 Å². The highest BCUT2D eigenvalue weighted by Gasteiger charge is 2.62. The van der Waals surface area contributed by atoms with Crippen LogP contribution >= 0.6 is 0 Å². The molecule has 2 aliphatic heterocycles. The van der Waals surface area contributed by atoms with Gasteiger partial charge in [0, 0.05) is 6.92 Å². The lowest BCUT2D eigenvalue weighted by atomic mass is 9.81. The SMILES string of the molecule is CC(=O)[C@@]12OC=C[C@@H]1[C@@H](c1ccc(C#N)cc1)O2. The molecule has 0 unspecified atom stereocenters. The van der Waals surface area contributed by atoms with Crippen molar-refractivity contribution >= 4 is 5.78 Å². The summed E-state index contributed by atoms with van der Waals surface area (Å²) in [6.45, 7) is 1.47. The van der Waals surface area contributed by atoms with E-state index in [1.807, 2.05) is 18.2 Å². The summed E-state index contributed by atoms with van der Waals surface area (Å²) in [5, 5.41) is 8.75. The van der Waals surface area contributed by atoms with Crippen molar-refractivity contribution in [2.75, 3.05) is 0 Å². The summed E-state index contributed by atoms with van der Waals surface area (Å²) in [5.41, 5.74) is 1.56. The van der Waals surface area contributed by atoms with Gasteiger partial charge in [0.15, 0.2) is 0 Å². The number of rotatable bonds is 2. The van der Waals surface area contributed by atoms with Gasteiger partial charge in [0.05, 0.1) is 23.8 Å². The van der Waals surface area contributed by atoms with E-state index in [4.69, 9.17) is 14.7 Å². The van der Waals surface area contributed by atoms with Gasteiger partial charge in [-0.2, -0.15) is 5.26 Å². The number of ether oxygens (including phenoxy) is 2. The number of hydrogen-bond donors (Lipinski definition) is 0. The average molecular weight is 241 g/mol. The van der Waals surface area contributed by atoms with Gasteiger partial charge in [-0.15, -0.1) is 0 Å². The lowest BCUT2D eigenvalue weighted by Crippen LogP contribution is -2.58. The van der Waals surface area contributed by atoms with Gasteiger partial charge in [-0.1, -0.05) is 12.1 Å². The highest BCUT2D eigenvalue weighted by Crippen LogP contribution is 2.53. The van der Waals surface area contributed by atoms with Crippen molar-refractivity contribution in [2.24, 2.45) is 5.92 Å². The molecule has 0 aromatic heterocycles. The molecule has 1 aromatic rings. The van der Waals surface area contributed by atoms with E-state index in [0.717, 1.165) is 5.56 Å². The second-order valence-electron chi connectivity index (χ2n) is 4.47. The van der Waals surface area contributed by atoms with Crippen LogP contribution in [-0.4, -0.2) is 11.6 Å². The summed E-state index contributed by atoms with van der Waals surface area (Å²) in [6, 6.07) is 9.24.